The third-order valence-corrected chi connectivity index (χ3v) is 2.30. The molecule has 0 aromatic heterocycles. The van der Waals surface area contributed by atoms with Crippen LogP contribution in [0, 0.1) is 5.82 Å². The number of hydrazine groups is 1. The monoisotopic (exact) mass is 216 g/mol. The minimum Gasteiger partial charge on any atom is -0.321 e. The molecule has 0 bridgehead atoms. The van der Waals surface area contributed by atoms with Gasteiger partial charge in [0.15, 0.2) is 0 Å². The molecule has 0 radical (unpaired) electrons. The summed E-state index contributed by atoms with van der Waals surface area (Å²) in [5.41, 5.74) is 7.22. The number of anilines is 1. The molecule has 58 valence electrons. The van der Waals surface area contributed by atoms with Crippen molar-refractivity contribution in [2.24, 2.45) is 0 Å². The summed E-state index contributed by atoms with van der Waals surface area (Å²) >= 11 is 3.12. The van der Waals surface area contributed by atoms with E-state index in [1.165, 1.54) is 0 Å². The van der Waals surface area contributed by atoms with Gasteiger partial charge >= 0.3 is 0 Å². The second kappa shape index (κ2) is 2.46. The van der Waals surface area contributed by atoms with Crippen molar-refractivity contribution in [2.75, 3.05) is 5.43 Å². The Balaban J connectivity index is 2.62. The van der Waals surface area contributed by atoms with E-state index in [1.807, 2.05) is 6.07 Å². The molecule has 1 aliphatic heterocycles. The lowest BCUT2D eigenvalue weighted by Crippen LogP contribution is -2.10. The van der Waals surface area contributed by atoms with Gasteiger partial charge in [0.25, 0.3) is 0 Å². The second-order valence-electron chi connectivity index (χ2n) is 2.37. The summed E-state index contributed by atoms with van der Waals surface area (Å²) in [5, 5.41) is 0. The molecular formula is C7H6BrFN2. The van der Waals surface area contributed by atoms with Crippen LogP contribution >= 0.6 is 15.9 Å². The fourth-order valence-electron chi connectivity index (χ4n) is 1.11. The predicted octanol–water partition coefficient (Wildman–Crippen LogP) is 2.02. The molecule has 0 aliphatic carbocycles. The van der Waals surface area contributed by atoms with E-state index >= 15 is 0 Å². The molecule has 0 atom stereocenters. The highest BCUT2D eigenvalue weighted by Crippen LogP contribution is 2.27. The van der Waals surface area contributed by atoms with Crippen LogP contribution in [0.25, 0.3) is 0 Å². The fourth-order valence-corrected chi connectivity index (χ4v) is 1.48. The normalized spacial score (nSPS) is 14.4. The lowest BCUT2D eigenvalue weighted by molar-refractivity contribution is 0.604. The van der Waals surface area contributed by atoms with Gasteiger partial charge in [-0.05, 0) is 28.1 Å². The molecule has 2 rings (SSSR count). The number of hydrogen-bond donors (Lipinski definition) is 2. The molecule has 1 aliphatic rings. The summed E-state index contributed by atoms with van der Waals surface area (Å²) in [4.78, 5) is 0. The van der Waals surface area contributed by atoms with E-state index in [9.17, 15) is 4.39 Å². The summed E-state index contributed by atoms with van der Waals surface area (Å²) < 4.78 is 13.7. The van der Waals surface area contributed by atoms with Crippen molar-refractivity contribution in [1.82, 2.24) is 5.43 Å². The molecule has 1 heterocycles. The standard InChI is InChI=1S/C7H6BrFN2/c8-5-1-2-6-4(7(5)9)3-10-11-6/h1-2,10-11H,3H2. The second-order valence-corrected chi connectivity index (χ2v) is 3.22. The molecule has 0 unspecified atom stereocenters. The Kier molecular flexibility index (Phi) is 1.58. The molecule has 2 N–H and O–H groups in total. The van der Waals surface area contributed by atoms with Crippen LogP contribution in [0.1, 0.15) is 5.56 Å². The van der Waals surface area contributed by atoms with Crippen molar-refractivity contribution in [1.29, 1.82) is 0 Å². The summed E-state index contributed by atoms with van der Waals surface area (Å²) in [5.74, 6) is -0.181. The van der Waals surface area contributed by atoms with Gasteiger partial charge in [0, 0.05) is 12.1 Å². The number of hydrogen-bond acceptors (Lipinski definition) is 2. The maximum atomic E-state index is 13.2. The molecule has 0 fully saturated rings. The van der Waals surface area contributed by atoms with Gasteiger partial charge in [-0.25, -0.2) is 9.82 Å². The molecular weight excluding hydrogens is 211 g/mol. The van der Waals surface area contributed by atoms with E-state index in [-0.39, 0.29) is 5.82 Å². The number of fused-ring (bicyclic) bond motifs is 1. The Hall–Kier alpha value is -0.610. The SMILES string of the molecule is Fc1c(Br)ccc2c1CNN2. The van der Waals surface area contributed by atoms with Crippen molar-refractivity contribution in [2.45, 2.75) is 6.54 Å². The number of rotatable bonds is 0. The molecule has 2 nitrogen and oxygen atoms in total. The lowest BCUT2D eigenvalue weighted by atomic mass is 10.2. The van der Waals surface area contributed by atoms with Crippen LogP contribution in [0.4, 0.5) is 10.1 Å². The number of halogens is 2. The topological polar surface area (TPSA) is 24.1 Å². The minimum absolute atomic E-state index is 0.181. The van der Waals surface area contributed by atoms with E-state index in [0.717, 1.165) is 5.69 Å². The quantitative estimate of drug-likeness (QED) is 0.694. The molecule has 0 spiro atoms. The van der Waals surface area contributed by atoms with Crippen LogP contribution in [-0.2, 0) is 6.54 Å². The van der Waals surface area contributed by atoms with Gasteiger partial charge in [-0.3, -0.25) is 0 Å². The highest BCUT2D eigenvalue weighted by molar-refractivity contribution is 9.10. The third kappa shape index (κ3) is 1.02. The Bertz CT molecular complexity index is 301. The van der Waals surface area contributed by atoms with E-state index in [2.05, 4.69) is 26.8 Å². The average Bonchev–Trinajstić information content (AvgIpc) is 2.45. The molecule has 1 aromatic carbocycles. The van der Waals surface area contributed by atoms with Crippen LogP contribution in [-0.4, -0.2) is 0 Å². The Morgan fingerprint density at radius 1 is 1.45 bits per heavy atom. The molecule has 4 heteroatoms. The first-order chi connectivity index (χ1) is 5.29. The van der Waals surface area contributed by atoms with Crippen LogP contribution in [0.5, 0.6) is 0 Å². The lowest BCUT2D eigenvalue weighted by Gasteiger charge is -1.99. The van der Waals surface area contributed by atoms with Gasteiger partial charge in [0.1, 0.15) is 5.82 Å². The Morgan fingerprint density at radius 3 is 3.09 bits per heavy atom. The van der Waals surface area contributed by atoms with E-state index in [1.54, 1.807) is 6.07 Å². The zero-order valence-electron chi connectivity index (χ0n) is 5.62. The third-order valence-electron chi connectivity index (χ3n) is 1.68. The summed E-state index contributed by atoms with van der Waals surface area (Å²) in [6.45, 7) is 0.542. The van der Waals surface area contributed by atoms with Crippen molar-refractivity contribution in [3.8, 4) is 0 Å². The predicted molar refractivity (Wildman–Crippen MR) is 44.6 cm³/mol. The zero-order chi connectivity index (χ0) is 7.84. The van der Waals surface area contributed by atoms with Crippen molar-refractivity contribution in [3.63, 3.8) is 0 Å². The largest absolute Gasteiger partial charge is 0.321 e. The number of benzene rings is 1. The molecule has 0 saturated heterocycles. The van der Waals surface area contributed by atoms with E-state index < -0.39 is 0 Å². The van der Waals surface area contributed by atoms with Gasteiger partial charge in [-0.1, -0.05) is 0 Å². The Morgan fingerprint density at radius 2 is 2.27 bits per heavy atom. The first-order valence-electron chi connectivity index (χ1n) is 3.25. The first kappa shape index (κ1) is 7.06. The van der Waals surface area contributed by atoms with Gasteiger partial charge < -0.3 is 5.43 Å². The summed E-state index contributed by atoms with van der Waals surface area (Å²) in [6, 6.07) is 3.52. The first-order valence-corrected chi connectivity index (χ1v) is 4.04. The number of nitrogens with one attached hydrogen (secondary N) is 2. The fraction of sp³-hybridized carbons (Fsp3) is 0.143. The van der Waals surface area contributed by atoms with Crippen molar-refractivity contribution in [3.05, 3.63) is 28.0 Å². The van der Waals surface area contributed by atoms with Crippen LogP contribution in [0.15, 0.2) is 16.6 Å². The van der Waals surface area contributed by atoms with E-state index in [0.29, 0.717) is 16.6 Å². The van der Waals surface area contributed by atoms with Gasteiger partial charge in [0.2, 0.25) is 0 Å². The molecule has 0 saturated carbocycles. The summed E-state index contributed by atoms with van der Waals surface area (Å²) in [7, 11) is 0. The summed E-state index contributed by atoms with van der Waals surface area (Å²) in [6.07, 6.45) is 0. The highest BCUT2D eigenvalue weighted by Gasteiger charge is 2.15. The van der Waals surface area contributed by atoms with Crippen LogP contribution < -0.4 is 10.9 Å². The van der Waals surface area contributed by atoms with E-state index in [4.69, 9.17) is 0 Å². The van der Waals surface area contributed by atoms with Crippen LogP contribution in [0.3, 0.4) is 0 Å². The van der Waals surface area contributed by atoms with Crippen molar-refractivity contribution >= 4 is 21.6 Å². The maximum Gasteiger partial charge on any atom is 0.144 e. The van der Waals surface area contributed by atoms with Crippen LogP contribution in [0.2, 0.25) is 0 Å². The molecule has 11 heavy (non-hydrogen) atoms. The Labute approximate surface area is 71.9 Å². The molecule has 0 amide bonds. The average molecular weight is 217 g/mol. The highest BCUT2D eigenvalue weighted by atomic mass is 79.9. The molecule has 1 aromatic rings. The van der Waals surface area contributed by atoms with Gasteiger partial charge in [-0.15, -0.1) is 0 Å². The van der Waals surface area contributed by atoms with Gasteiger partial charge in [-0.2, -0.15) is 0 Å². The minimum atomic E-state index is -0.181. The van der Waals surface area contributed by atoms with Crippen molar-refractivity contribution < 1.29 is 4.39 Å². The maximum absolute atomic E-state index is 13.2. The van der Waals surface area contributed by atoms with Gasteiger partial charge in [0.05, 0.1) is 10.2 Å². The smallest absolute Gasteiger partial charge is 0.144 e. The zero-order valence-corrected chi connectivity index (χ0v) is 7.20.